The first-order valence-electron chi connectivity index (χ1n) is 10.8. The second-order valence-electron chi connectivity index (χ2n) is 8.10. The van der Waals surface area contributed by atoms with Crippen molar-refractivity contribution in [3.8, 4) is 11.4 Å². The van der Waals surface area contributed by atoms with E-state index in [1.165, 1.54) is 18.2 Å². The van der Waals surface area contributed by atoms with E-state index < -0.39 is 28.9 Å². The van der Waals surface area contributed by atoms with Crippen molar-refractivity contribution in [1.29, 1.82) is 0 Å². The van der Waals surface area contributed by atoms with Crippen LogP contribution in [-0.4, -0.2) is 26.0 Å². The number of nitrogens with one attached hydrogen (secondary N) is 2. The molecule has 6 nitrogen and oxygen atoms in total. The number of aryl methyl sites for hydroxylation is 1. The summed E-state index contributed by atoms with van der Waals surface area (Å²) in [5.74, 6) is 0.00627. The minimum Gasteiger partial charge on any atom is -0.324 e. The first-order valence-corrected chi connectivity index (χ1v) is 11.7. The van der Waals surface area contributed by atoms with Gasteiger partial charge in [0.1, 0.15) is 5.25 Å². The predicted molar refractivity (Wildman–Crippen MR) is 128 cm³/mol. The van der Waals surface area contributed by atoms with Crippen LogP contribution in [0.15, 0.2) is 84.0 Å². The minimum absolute atomic E-state index is 0.287. The van der Waals surface area contributed by atoms with E-state index in [2.05, 4.69) is 20.9 Å². The molecule has 5 rings (SSSR count). The zero-order valence-corrected chi connectivity index (χ0v) is 19.3. The fourth-order valence-corrected chi connectivity index (χ4v) is 4.98. The fourth-order valence-electron chi connectivity index (χ4n) is 3.90. The van der Waals surface area contributed by atoms with Crippen LogP contribution in [0, 0.1) is 6.92 Å². The Labute approximate surface area is 203 Å². The van der Waals surface area contributed by atoms with Gasteiger partial charge in [0.05, 0.1) is 17.3 Å². The van der Waals surface area contributed by atoms with Gasteiger partial charge in [0.2, 0.25) is 11.1 Å². The molecule has 1 aromatic heterocycles. The maximum absolute atomic E-state index is 13.5. The Hall–Kier alpha value is -3.79. The van der Waals surface area contributed by atoms with E-state index in [-0.39, 0.29) is 5.69 Å². The Kier molecular flexibility index (Phi) is 5.98. The van der Waals surface area contributed by atoms with E-state index in [9.17, 15) is 18.0 Å². The molecule has 4 aromatic rings. The lowest BCUT2D eigenvalue weighted by Crippen LogP contribution is -2.41. The average molecular weight is 496 g/mol. The van der Waals surface area contributed by atoms with Crippen LogP contribution >= 0.6 is 11.8 Å². The number of benzene rings is 3. The average Bonchev–Trinajstić information content (AvgIpc) is 3.27. The molecule has 2 atom stereocenters. The van der Waals surface area contributed by atoms with Crippen LogP contribution in [0.3, 0.4) is 0 Å². The van der Waals surface area contributed by atoms with Gasteiger partial charge in [0.15, 0.2) is 5.82 Å². The van der Waals surface area contributed by atoms with Crippen LogP contribution in [0.1, 0.15) is 22.7 Å². The quantitative estimate of drug-likeness (QED) is 0.382. The number of hydrogen-bond acceptors (Lipinski definition) is 5. The largest absolute Gasteiger partial charge is 0.418 e. The van der Waals surface area contributed by atoms with Gasteiger partial charge < -0.3 is 10.7 Å². The van der Waals surface area contributed by atoms with Crippen LogP contribution < -0.4 is 10.7 Å². The Morgan fingerprint density at radius 3 is 2.37 bits per heavy atom. The Morgan fingerprint density at radius 1 is 0.971 bits per heavy atom. The first-order chi connectivity index (χ1) is 16.8. The molecule has 0 saturated carbocycles. The molecular formula is C25H20F3N5OS. The van der Waals surface area contributed by atoms with E-state index >= 15 is 0 Å². The Bertz CT molecular complexity index is 1360. The highest BCUT2D eigenvalue weighted by Crippen LogP contribution is 2.40. The van der Waals surface area contributed by atoms with Crippen LogP contribution in [0.2, 0.25) is 0 Å². The maximum atomic E-state index is 13.5. The third-order valence-corrected chi connectivity index (χ3v) is 6.87. The van der Waals surface area contributed by atoms with Crippen molar-refractivity contribution in [2.45, 2.75) is 29.5 Å². The normalized spacial score (nSPS) is 17.4. The first kappa shape index (κ1) is 23.0. The van der Waals surface area contributed by atoms with Crippen LogP contribution in [-0.2, 0) is 11.0 Å². The van der Waals surface area contributed by atoms with Crippen LogP contribution in [0.5, 0.6) is 0 Å². The lowest BCUT2D eigenvalue weighted by atomic mass is 10.0. The standard InChI is InChI=1S/C25H20F3N5OS/c1-15-11-13-16(14-12-15)20-21(23(34)29-19-10-6-5-9-18(19)25(26,27)28)35-24-31-30-22(33(24)32-20)17-7-3-2-4-8-17/h2-14,20-21,32H,1H3,(H,29,34)/t20-,21-/m1/s1. The minimum atomic E-state index is -4.59. The van der Waals surface area contributed by atoms with Crippen molar-refractivity contribution in [3.05, 3.63) is 95.6 Å². The van der Waals surface area contributed by atoms with Gasteiger partial charge in [0.25, 0.3) is 0 Å². The molecule has 178 valence electrons. The molecule has 3 aromatic carbocycles. The highest BCUT2D eigenvalue weighted by atomic mass is 32.2. The van der Waals surface area contributed by atoms with Gasteiger partial charge in [-0.2, -0.15) is 13.2 Å². The van der Waals surface area contributed by atoms with E-state index in [0.29, 0.717) is 11.0 Å². The van der Waals surface area contributed by atoms with Gasteiger partial charge in [-0.15, -0.1) is 10.2 Å². The number of alkyl halides is 3. The number of amides is 1. The molecule has 2 heterocycles. The number of nitrogens with zero attached hydrogens (tertiary/aromatic N) is 3. The molecule has 0 aliphatic carbocycles. The summed E-state index contributed by atoms with van der Waals surface area (Å²) in [5.41, 5.74) is 4.84. The lowest BCUT2D eigenvalue weighted by Gasteiger charge is -2.33. The van der Waals surface area contributed by atoms with Gasteiger partial charge >= 0.3 is 6.18 Å². The zero-order chi connectivity index (χ0) is 24.6. The molecule has 0 bridgehead atoms. The van der Waals surface area contributed by atoms with E-state index in [0.717, 1.165) is 34.5 Å². The van der Waals surface area contributed by atoms with Crippen LogP contribution in [0.4, 0.5) is 18.9 Å². The summed E-state index contributed by atoms with van der Waals surface area (Å²) in [5, 5.41) is 10.6. The summed E-state index contributed by atoms with van der Waals surface area (Å²) < 4.78 is 42.2. The van der Waals surface area contributed by atoms with Gasteiger partial charge in [0, 0.05) is 5.56 Å². The number of halogens is 3. The number of aromatic nitrogens is 3. The second-order valence-corrected chi connectivity index (χ2v) is 9.20. The van der Waals surface area contributed by atoms with Crippen molar-refractivity contribution in [3.63, 3.8) is 0 Å². The maximum Gasteiger partial charge on any atom is 0.418 e. The van der Waals surface area contributed by atoms with Gasteiger partial charge in [-0.1, -0.05) is 84.1 Å². The molecule has 0 spiro atoms. The number of rotatable bonds is 4. The summed E-state index contributed by atoms with van der Waals surface area (Å²) in [4.78, 5) is 13.4. The highest BCUT2D eigenvalue weighted by Gasteiger charge is 2.39. The molecule has 2 N–H and O–H groups in total. The Morgan fingerprint density at radius 2 is 1.66 bits per heavy atom. The molecule has 1 aliphatic heterocycles. The highest BCUT2D eigenvalue weighted by molar-refractivity contribution is 8.00. The van der Waals surface area contributed by atoms with Crippen molar-refractivity contribution in [2.24, 2.45) is 0 Å². The van der Waals surface area contributed by atoms with Gasteiger partial charge in [-0.25, -0.2) is 4.68 Å². The number of carbonyl (C=O) groups excluding carboxylic acids is 1. The number of anilines is 1. The summed E-state index contributed by atoms with van der Waals surface area (Å²) >= 11 is 1.15. The van der Waals surface area contributed by atoms with E-state index in [1.807, 2.05) is 61.5 Å². The molecular weight excluding hydrogens is 475 g/mol. The smallest absolute Gasteiger partial charge is 0.324 e. The SMILES string of the molecule is Cc1ccc([C@H]2Nn3c(nnc3-c3ccccc3)S[C@H]2C(=O)Nc2ccccc2C(F)(F)F)cc1. The van der Waals surface area contributed by atoms with Crippen molar-refractivity contribution < 1.29 is 18.0 Å². The molecule has 1 aliphatic rings. The number of thioether (sulfide) groups is 1. The third-order valence-electron chi connectivity index (χ3n) is 5.65. The fraction of sp³-hybridized carbons (Fsp3) is 0.160. The predicted octanol–water partition coefficient (Wildman–Crippen LogP) is 5.67. The topological polar surface area (TPSA) is 71.8 Å². The molecule has 1 amide bonds. The number of carbonyl (C=O) groups is 1. The summed E-state index contributed by atoms with van der Waals surface area (Å²) in [6.07, 6.45) is -4.59. The van der Waals surface area contributed by atoms with Crippen molar-refractivity contribution in [1.82, 2.24) is 14.9 Å². The van der Waals surface area contributed by atoms with Crippen LogP contribution in [0.25, 0.3) is 11.4 Å². The molecule has 10 heteroatoms. The summed E-state index contributed by atoms with van der Waals surface area (Å²) in [7, 11) is 0. The van der Waals surface area contributed by atoms with Crippen molar-refractivity contribution >= 4 is 23.4 Å². The molecule has 35 heavy (non-hydrogen) atoms. The van der Waals surface area contributed by atoms with Crippen molar-refractivity contribution in [2.75, 3.05) is 10.7 Å². The Balaban J connectivity index is 1.52. The molecule has 0 fully saturated rings. The summed E-state index contributed by atoms with van der Waals surface area (Å²) in [6.45, 7) is 1.95. The van der Waals surface area contributed by atoms with E-state index in [4.69, 9.17) is 0 Å². The molecule has 0 unspecified atom stereocenters. The number of para-hydroxylation sites is 1. The molecule has 0 saturated heterocycles. The van der Waals surface area contributed by atoms with Gasteiger partial charge in [-0.3, -0.25) is 4.79 Å². The lowest BCUT2D eigenvalue weighted by molar-refractivity contribution is -0.137. The molecule has 0 radical (unpaired) electrons. The monoisotopic (exact) mass is 495 g/mol. The van der Waals surface area contributed by atoms with E-state index in [1.54, 1.807) is 4.68 Å². The second kappa shape index (κ2) is 9.10. The third kappa shape index (κ3) is 4.61. The number of hydrogen-bond donors (Lipinski definition) is 2. The van der Waals surface area contributed by atoms with Gasteiger partial charge in [-0.05, 0) is 24.6 Å². The number of fused-ring (bicyclic) bond motifs is 1. The zero-order valence-electron chi connectivity index (χ0n) is 18.5. The summed E-state index contributed by atoms with van der Waals surface area (Å²) in [6, 6.07) is 21.5.